The third kappa shape index (κ3) is 3.65. The van der Waals surface area contributed by atoms with E-state index < -0.39 is 15.2 Å². The smallest absolute Gasteiger partial charge is 0.236 e. The first kappa shape index (κ1) is 11.5. The Kier molecular flexibility index (Phi) is 3.53. The Morgan fingerprint density at radius 3 is 2.64 bits per heavy atom. The van der Waals surface area contributed by atoms with Gasteiger partial charge >= 0.3 is 0 Å². The van der Waals surface area contributed by atoms with Gasteiger partial charge in [0.1, 0.15) is 0 Å². The predicted octanol–water partition coefficient (Wildman–Crippen LogP) is 1.81. The van der Waals surface area contributed by atoms with E-state index in [4.69, 9.17) is 10.7 Å². The molecule has 0 saturated heterocycles. The highest BCUT2D eigenvalue weighted by atomic mass is 35.7. The first-order chi connectivity index (χ1) is 6.38. The number of benzene rings is 1. The third-order valence-corrected chi connectivity index (χ3v) is 2.78. The van der Waals surface area contributed by atoms with E-state index in [1.165, 1.54) is 0 Å². The summed E-state index contributed by atoms with van der Waals surface area (Å²) in [6, 6.07) is 6.71. The maximum Gasteiger partial charge on any atom is 0.236 e. The second-order valence-corrected chi connectivity index (χ2v) is 5.88. The van der Waals surface area contributed by atoms with E-state index in [0.717, 1.165) is 0 Å². The summed E-state index contributed by atoms with van der Waals surface area (Å²) in [7, 11) is 1.58. The van der Waals surface area contributed by atoms with Gasteiger partial charge in [-0.15, -0.1) is 0 Å². The van der Waals surface area contributed by atoms with Gasteiger partial charge in [-0.3, -0.25) is 0 Å². The molecule has 0 bridgehead atoms. The summed E-state index contributed by atoms with van der Waals surface area (Å²) >= 11 is 0. The van der Waals surface area contributed by atoms with Crippen molar-refractivity contribution in [2.45, 2.75) is 18.8 Å². The second-order valence-electron chi connectivity index (χ2n) is 3.10. The summed E-state index contributed by atoms with van der Waals surface area (Å²) in [5.74, 6) is -0.213. The normalized spacial score (nSPS) is 13.9. The van der Waals surface area contributed by atoms with Crippen LogP contribution in [0.5, 0.6) is 0 Å². The van der Waals surface area contributed by atoms with Gasteiger partial charge in [0.15, 0.2) is 0 Å². The van der Waals surface area contributed by atoms with E-state index in [1.807, 2.05) is 0 Å². The first-order valence-corrected chi connectivity index (χ1v) is 6.55. The number of aliphatic hydroxyl groups excluding tert-OH is 1. The number of rotatable bonds is 3. The monoisotopic (exact) mass is 234 g/mol. The molecule has 0 amide bonds. The standard InChI is InChI=1S/C9H11ClO3S/c1-7(11)9-4-2-3-8(5-9)6-14(10,12)13/h2-5,7,11H,6H2,1H3. The molecule has 0 aliphatic carbocycles. The molecule has 0 aliphatic heterocycles. The molecule has 1 rings (SSSR count). The molecule has 78 valence electrons. The van der Waals surface area contributed by atoms with Crippen LogP contribution in [0.4, 0.5) is 0 Å². The van der Waals surface area contributed by atoms with Crippen LogP contribution >= 0.6 is 10.7 Å². The highest BCUT2D eigenvalue weighted by Gasteiger charge is 2.08. The van der Waals surface area contributed by atoms with Gasteiger partial charge in [-0.1, -0.05) is 24.3 Å². The number of hydrogen-bond acceptors (Lipinski definition) is 3. The van der Waals surface area contributed by atoms with Crippen molar-refractivity contribution in [1.82, 2.24) is 0 Å². The maximum atomic E-state index is 10.8. The van der Waals surface area contributed by atoms with Crippen molar-refractivity contribution in [2.75, 3.05) is 0 Å². The third-order valence-electron chi connectivity index (χ3n) is 1.77. The molecule has 1 N–H and O–H groups in total. The van der Waals surface area contributed by atoms with Crippen LogP contribution in [-0.2, 0) is 14.8 Å². The van der Waals surface area contributed by atoms with Crippen LogP contribution in [0.25, 0.3) is 0 Å². The summed E-state index contributed by atoms with van der Waals surface area (Å²) in [4.78, 5) is 0. The molecule has 3 nitrogen and oxygen atoms in total. The minimum Gasteiger partial charge on any atom is -0.389 e. The molecular weight excluding hydrogens is 224 g/mol. The largest absolute Gasteiger partial charge is 0.389 e. The zero-order valence-electron chi connectivity index (χ0n) is 7.64. The fourth-order valence-electron chi connectivity index (χ4n) is 1.14. The zero-order chi connectivity index (χ0) is 10.8. The van der Waals surface area contributed by atoms with Gasteiger partial charge in [-0.2, -0.15) is 0 Å². The zero-order valence-corrected chi connectivity index (χ0v) is 9.22. The summed E-state index contributed by atoms with van der Waals surface area (Å²) in [5, 5.41) is 9.26. The molecule has 5 heteroatoms. The molecule has 1 aromatic carbocycles. The molecule has 0 aliphatic rings. The van der Waals surface area contributed by atoms with E-state index in [9.17, 15) is 13.5 Å². The van der Waals surface area contributed by atoms with Crippen molar-refractivity contribution in [3.63, 3.8) is 0 Å². The molecule has 0 aromatic heterocycles. The Morgan fingerprint density at radius 1 is 1.50 bits per heavy atom. The lowest BCUT2D eigenvalue weighted by atomic mass is 10.1. The van der Waals surface area contributed by atoms with E-state index in [-0.39, 0.29) is 5.75 Å². The van der Waals surface area contributed by atoms with Gasteiger partial charge < -0.3 is 5.11 Å². The lowest BCUT2D eigenvalue weighted by molar-refractivity contribution is 0.199. The van der Waals surface area contributed by atoms with Gasteiger partial charge in [0.05, 0.1) is 11.9 Å². The van der Waals surface area contributed by atoms with Crippen LogP contribution in [0.1, 0.15) is 24.2 Å². The number of halogens is 1. The Bertz CT molecular complexity index is 412. The minimum absolute atomic E-state index is 0.213. The average molecular weight is 235 g/mol. The van der Waals surface area contributed by atoms with Crippen LogP contribution in [0.15, 0.2) is 24.3 Å². The number of aliphatic hydroxyl groups is 1. The molecule has 1 unspecified atom stereocenters. The Labute approximate surface area is 87.8 Å². The van der Waals surface area contributed by atoms with Gasteiger partial charge in [-0.05, 0) is 18.1 Å². The molecule has 0 spiro atoms. The van der Waals surface area contributed by atoms with Gasteiger partial charge in [0.2, 0.25) is 9.05 Å². The Balaban J connectivity index is 2.95. The molecule has 0 saturated carbocycles. The van der Waals surface area contributed by atoms with E-state index in [2.05, 4.69) is 0 Å². The summed E-state index contributed by atoms with van der Waals surface area (Å²) < 4.78 is 21.6. The Morgan fingerprint density at radius 2 is 2.14 bits per heavy atom. The van der Waals surface area contributed by atoms with Gasteiger partial charge in [-0.25, -0.2) is 8.42 Å². The molecule has 0 fully saturated rings. The molecule has 0 heterocycles. The minimum atomic E-state index is -3.53. The fourth-order valence-corrected chi connectivity index (χ4v) is 2.10. The van der Waals surface area contributed by atoms with Crippen molar-refractivity contribution in [1.29, 1.82) is 0 Å². The van der Waals surface area contributed by atoms with Crippen molar-refractivity contribution < 1.29 is 13.5 Å². The molecule has 0 radical (unpaired) electrons. The van der Waals surface area contributed by atoms with Crippen molar-refractivity contribution in [3.8, 4) is 0 Å². The lowest BCUT2D eigenvalue weighted by Gasteiger charge is -2.05. The van der Waals surface area contributed by atoms with Crippen LogP contribution in [0, 0.1) is 0 Å². The van der Waals surface area contributed by atoms with Crippen LogP contribution < -0.4 is 0 Å². The van der Waals surface area contributed by atoms with Gasteiger partial charge in [0.25, 0.3) is 0 Å². The maximum absolute atomic E-state index is 10.8. The second kappa shape index (κ2) is 4.29. The van der Waals surface area contributed by atoms with Crippen molar-refractivity contribution in [2.24, 2.45) is 0 Å². The summed E-state index contributed by atoms with van der Waals surface area (Å²) in [6.45, 7) is 1.62. The first-order valence-electron chi connectivity index (χ1n) is 4.08. The van der Waals surface area contributed by atoms with Crippen LogP contribution in [0.2, 0.25) is 0 Å². The molecular formula is C9H11ClO3S. The predicted molar refractivity (Wildman–Crippen MR) is 55.6 cm³/mol. The highest BCUT2D eigenvalue weighted by molar-refractivity contribution is 8.13. The van der Waals surface area contributed by atoms with Crippen LogP contribution in [0.3, 0.4) is 0 Å². The van der Waals surface area contributed by atoms with E-state index >= 15 is 0 Å². The molecule has 1 aromatic rings. The van der Waals surface area contributed by atoms with Crippen molar-refractivity contribution >= 4 is 19.7 Å². The van der Waals surface area contributed by atoms with E-state index in [0.29, 0.717) is 11.1 Å². The lowest BCUT2D eigenvalue weighted by Crippen LogP contribution is -1.97. The highest BCUT2D eigenvalue weighted by Crippen LogP contribution is 2.16. The summed E-state index contributed by atoms with van der Waals surface area (Å²) in [6.07, 6.45) is -0.604. The van der Waals surface area contributed by atoms with Gasteiger partial charge in [0, 0.05) is 10.7 Å². The van der Waals surface area contributed by atoms with Crippen molar-refractivity contribution in [3.05, 3.63) is 35.4 Å². The summed E-state index contributed by atoms with van der Waals surface area (Å²) in [5.41, 5.74) is 1.27. The SMILES string of the molecule is CC(O)c1cccc(CS(=O)(=O)Cl)c1. The van der Waals surface area contributed by atoms with E-state index in [1.54, 1.807) is 31.2 Å². The quantitative estimate of drug-likeness (QED) is 0.812. The van der Waals surface area contributed by atoms with Crippen LogP contribution in [-0.4, -0.2) is 13.5 Å². The molecule has 14 heavy (non-hydrogen) atoms. The average Bonchev–Trinajstić information content (AvgIpc) is 2.01. The Hall–Kier alpha value is -0.580. The number of hydrogen-bond donors (Lipinski definition) is 1. The topological polar surface area (TPSA) is 54.4 Å². The fraction of sp³-hybridized carbons (Fsp3) is 0.333. The molecule has 1 atom stereocenters.